The van der Waals surface area contributed by atoms with E-state index in [0.29, 0.717) is 27.8 Å². The van der Waals surface area contributed by atoms with E-state index in [1.807, 2.05) is 13.0 Å². The zero-order valence-corrected chi connectivity index (χ0v) is 15.2. The first-order valence-electron chi connectivity index (χ1n) is 7.15. The highest BCUT2D eigenvalue weighted by Crippen LogP contribution is 2.19. The van der Waals surface area contributed by atoms with Crippen molar-refractivity contribution < 1.29 is 4.39 Å². The number of thioether (sulfide) groups is 1. The molecule has 1 aromatic carbocycles. The Labute approximate surface area is 151 Å². The number of aromatic amines is 1. The molecule has 0 aliphatic carbocycles. The Hall–Kier alpha value is -1.77. The van der Waals surface area contributed by atoms with E-state index in [0.717, 1.165) is 15.3 Å². The van der Waals surface area contributed by atoms with E-state index < -0.39 is 0 Å². The number of aromatic nitrogens is 2. The number of halogens is 1. The van der Waals surface area contributed by atoms with E-state index in [2.05, 4.69) is 15.3 Å². The second kappa shape index (κ2) is 7.42. The monoisotopic (exact) mass is 379 g/mol. The topological polar surface area (TPSA) is 57.8 Å². The first-order valence-corrected chi connectivity index (χ1v) is 9.37. The van der Waals surface area contributed by atoms with Crippen LogP contribution >= 0.6 is 35.3 Å². The standard InChI is InChI=1S/C16H14FN3OS3/c1-9-6-12-14(21)19-13(20-15(12)24-9)7-18-16(22)23-8-10-2-4-11(17)5-3-10/h2-6H,7-8H2,1H3,(H,18,22)(H,19,20,21). The van der Waals surface area contributed by atoms with Crippen LogP contribution < -0.4 is 10.9 Å². The molecule has 4 nitrogen and oxygen atoms in total. The van der Waals surface area contributed by atoms with Crippen molar-refractivity contribution in [1.82, 2.24) is 15.3 Å². The summed E-state index contributed by atoms with van der Waals surface area (Å²) in [6.07, 6.45) is 0. The predicted molar refractivity (Wildman–Crippen MR) is 102 cm³/mol. The van der Waals surface area contributed by atoms with Crippen molar-refractivity contribution in [3.63, 3.8) is 0 Å². The Balaban J connectivity index is 1.58. The number of nitrogens with zero attached hydrogens (tertiary/aromatic N) is 1. The molecule has 0 aliphatic rings. The van der Waals surface area contributed by atoms with Gasteiger partial charge >= 0.3 is 0 Å². The first kappa shape index (κ1) is 17.1. The number of rotatable bonds is 4. The number of fused-ring (bicyclic) bond motifs is 1. The zero-order chi connectivity index (χ0) is 17.1. The number of hydrogen-bond acceptors (Lipinski definition) is 5. The van der Waals surface area contributed by atoms with Crippen LogP contribution in [0.1, 0.15) is 16.3 Å². The van der Waals surface area contributed by atoms with Gasteiger partial charge in [0.15, 0.2) is 0 Å². The summed E-state index contributed by atoms with van der Waals surface area (Å²) in [6.45, 7) is 2.31. The van der Waals surface area contributed by atoms with Crippen molar-refractivity contribution >= 4 is 49.9 Å². The van der Waals surface area contributed by atoms with Crippen molar-refractivity contribution in [1.29, 1.82) is 0 Å². The summed E-state index contributed by atoms with van der Waals surface area (Å²) in [5.41, 5.74) is 0.860. The molecule has 0 aliphatic heterocycles. The Morgan fingerprint density at radius 2 is 2.17 bits per heavy atom. The third-order valence-electron chi connectivity index (χ3n) is 3.26. The lowest BCUT2D eigenvalue weighted by Crippen LogP contribution is -2.22. The summed E-state index contributed by atoms with van der Waals surface area (Å²) in [6, 6.07) is 8.17. The van der Waals surface area contributed by atoms with E-state index >= 15 is 0 Å². The van der Waals surface area contributed by atoms with Gasteiger partial charge in [-0.1, -0.05) is 36.1 Å². The minimum Gasteiger partial charge on any atom is -0.364 e. The van der Waals surface area contributed by atoms with Crippen LogP contribution in [0.15, 0.2) is 35.1 Å². The molecular formula is C16H14FN3OS3. The molecule has 0 amide bonds. The van der Waals surface area contributed by atoms with Crippen LogP contribution in [-0.2, 0) is 12.3 Å². The van der Waals surface area contributed by atoms with Gasteiger partial charge in [-0.2, -0.15) is 0 Å². The molecule has 2 heterocycles. The highest BCUT2D eigenvalue weighted by Gasteiger charge is 2.07. The maximum Gasteiger partial charge on any atom is 0.259 e. The molecular weight excluding hydrogens is 365 g/mol. The molecule has 3 rings (SSSR count). The molecule has 0 radical (unpaired) electrons. The van der Waals surface area contributed by atoms with E-state index in [1.54, 1.807) is 12.1 Å². The molecule has 0 unspecified atom stereocenters. The molecule has 0 spiro atoms. The van der Waals surface area contributed by atoms with Crippen LogP contribution in [0.2, 0.25) is 0 Å². The predicted octanol–water partition coefficient (Wildman–Crippen LogP) is 3.74. The van der Waals surface area contributed by atoms with Crippen LogP contribution in [0.4, 0.5) is 4.39 Å². The minimum absolute atomic E-state index is 0.133. The normalized spacial score (nSPS) is 10.9. The zero-order valence-electron chi connectivity index (χ0n) is 12.8. The van der Waals surface area contributed by atoms with Gasteiger partial charge in [-0.15, -0.1) is 11.3 Å². The smallest absolute Gasteiger partial charge is 0.259 e. The maximum absolute atomic E-state index is 12.9. The number of thiocarbonyl (C=S) groups is 1. The number of hydrogen-bond donors (Lipinski definition) is 2. The van der Waals surface area contributed by atoms with E-state index in [4.69, 9.17) is 12.2 Å². The first-order chi connectivity index (χ1) is 11.5. The summed E-state index contributed by atoms with van der Waals surface area (Å²) >= 11 is 8.21. The average molecular weight is 380 g/mol. The maximum atomic E-state index is 12.9. The number of thiophene rings is 1. The lowest BCUT2D eigenvalue weighted by Gasteiger charge is -2.07. The fraction of sp³-hybridized carbons (Fsp3) is 0.188. The third-order valence-corrected chi connectivity index (χ3v) is 5.58. The molecule has 24 heavy (non-hydrogen) atoms. The number of aryl methyl sites for hydroxylation is 1. The van der Waals surface area contributed by atoms with Crippen molar-refractivity contribution in [2.75, 3.05) is 0 Å². The molecule has 8 heteroatoms. The van der Waals surface area contributed by atoms with Gasteiger partial charge in [-0.3, -0.25) is 4.79 Å². The van der Waals surface area contributed by atoms with E-state index in [9.17, 15) is 9.18 Å². The van der Waals surface area contributed by atoms with Gasteiger partial charge in [0.25, 0.3) is 5.56 Å². The molecule has 124 valence electrons. The second-order valence-electron chi connectivity index (χ2n) is 5.14. The summed E-state index contributed by atoms with van der Waals surface area (Å²) in [4.78, 5) is 21.0. The Morgan fingerprint density at radius 1 is 1.42 bits per heavy atom. The molecule has 0 saturated heterocycles. The Bertz CT molecular complexity index is 934. The summed E-state index contributed by atoms with van der Waals surface area (Å²) in [5, 5.41) is 3.69. The number of nitrogens with one attached hydrogen (secondary N) is 2. The molecule has 0 fully saturated rings. The van der Waals surface area contributed by atoms with E-state index in [-0.39, 0.29) is 11.4 Å². The summed E-state index contributed by atoms with van der Waals surface area (Å²) < 4.78 is 13.5. The minimum atomic E-state index is -0.251. The largest absolute Gasteiger partial charge is 0.364 e. The Kier molecular flexibility index (Phi) is 5.27. The molecule has 0 atom stereocenters. The van der Waals surface area contributed by atoms with Crippen LogP contribution in [0.25, 0.3) is 10.2 Å². The fourth-order valence-electron chi connectivity index (χ4n) is 2.12. The van der Waals surface area contributed by atoms with Crippen molar-refractivity contribution in [2.24, 2.45) is 0 Å². The average Bonchev–Trinajstić information content (AvgIpc) is 2.93. The van der Waals surface area contributed by atoms with Crippen LogP contribution in [-0.4, -0.2) is 14.3 Å². The Morgan fingerprint density at radius 3 is 2.92 bits per heavy atom. The molecule has 2 aromatic heterocycles. The van der Waals surface area contributed by atoms with Gasteiger partial charge in [0.05, 0.1) is 11.9 Å². The van der Waals surface area contributed by atoms with Gasteiger partial charge in [0, 0.05) is 10.6 Å². The number of H-pyrrole nitrogens is 1. The SMILES string of the molecule is Cc1cc2c(=O)[nH]c(CNC(=S)SCc3ccc(F)cc3)nc2s1. The van der Waals surface area contributed by atoms with Crippen LogP contribution in [0.3, 0.4) is 0 Å². The van der Waals surface area contributed by atoms with Crippen LogP contribution in [0, 0.1) is 12.7 Å². The molecule has 2 N–H and O–H groups in total. The lowest BCUT2D eigenvalue weighted by atomic mass is 10.2. The van der Waals surface area contributed by atoms with Crippen molar-refractivity contribution in [3.8, 4) is 0 Å². The quantitative estimate of drug-likeness (QED) is 0.677. The van der Waals surface area contributed by atoms with E-state index in [1.165, 1.54) is 35.2 Å². The highest BCUT2D eigenvalue weighted by atomic mass is 32.2. The molecule has 0 saturated carbocycles. The van der Waals surface area contributed by atoms with Gasteiger partial charge < -0.3 is 10.3 Å². The van der Waals surface area contributed by atoms with Gasteiger partial charge in [0.1, 0.15) is 20.8 Å². The van der Waals surface area contributed by atoms with Crippen LogP contribution in [0.5, 0.6) is 0 Å². The second-order valence-corrected chi connectivity index (χ2v) is 8.03. The third kappa shape index (κ3) is 4.19. The van der Waals surface area contributed by atoms with Crippen molar-refractivity contribution in [3.05, 3.63) is 62.8 Å². The van der Waals surface area contributed by atoms with Gasteiger partial charge in [-0.05, 0) is 30.7 Å². The summed E-state index contributed by atoms with van der Waals surface area (Å²) in [7, 11) is 0. The highest BCUT2D eigenvalue weighted by molar-refractivity contribution is 8.22. The molecule has 0 bridgehead atoms. The van der Waals surface area contributed by atoms with Gasteiger partial charge in [0.2, 0.25) is 0 Å². The summed E-state index contributed by atoms with van der Waals surface area (Å²) in [5.74, 6) is 0.955. The van der Waals surface area contributed by atoms with Crippen molar-refractivity contribution in [2.45, 2.75) is 19.2 Å². The fourth-order valence-corrected chi connectivity index (χ4v) is 3.93. The molecule has 3 aromatic rings. The number of benzene rings is 1. The lowest BCUT2D eigenvalue weighted by molar-refractivity contribution is 0.627. The van der Waals surface area contributed by atoms with Gasteiger partial charge in [-0.25, -0.2) is 9.37 Å².